The Hall–Kier alpha value is -1.10. The Kier molecular flexibility index (Phi) is 5.84. The number of carbonyl (C=O) groups excluding carboxylic acids is 2. The van der Waals surface area contributed by atoms with E-state index in [4.69, 9.17) is 4.74 Å². The SMILES string of the molecule is CC(C)(C)C1CCC(NC(=O)C(=O)NC[C@@H]2CCCO2)CC1. The standard InChI is InChI=1S/C17H30N2O3/c1-17(2,3)12-6-8-13(9-7-12)19-16(21)15(20)18-11-14-5-4-10-22-14/h12-14H,4-11H2,1-3H3,(H,18,20)(H,19,21)/t12?,13?,14-/m0/s1. The fourth-order valence-electron chi connectivity index (χ4n) is 3.45. The van der Waals surface area contributed by atoms with Gasteiger partial charge in [0, 0.05) is 19.2 Å². The van der Waals surface area contributed by atoms with Gasteiger partial charge in [0.05, 0.1) is 6.10 Å². The largest absolute Gasteiger partial charge is 0.376 e. The van der Waals surface area contributed by atoms with E-state index in [0.29, 0.717) is 17.9 Å². The second-order valence-electron chi connectivity index (χ2n) is 7.73. The summed E-state index contributed by atoms with van der Waals surface area (Å²) in [6, 6.07) is 0.139. The fraction of sp³-hybridized carbons (Fsp3) is 0.882. The normalized spacial score (nSPS) is 29.1. The first-order valence-corrected chi connectivity index (χ1v) is 8.56. The minimum Gasteiger partial charge on any atom is -0.376 e. The summed E-state index contributed by atoms with van der Waals surface area (Å²) in [5, 5.41) is 5.55. The molecule has 0 aromatic carbocycles. The van der Waals surface area contributed by atoms with Gasteiger partial charge in [-0.3, -0.25) is 9.59 Å². The Morgan fingerprint density at radius 1 is 1.05 bits per heavy atom. The molecule has 0 aromatic heterocycles. The highest BCUT2D eigenvalue weighted by Gasteiger charge is 2.31. The van der Waals surface area contributed by atoms with Crippen LogP contribution in [0, 0.1) is 11.3 Å². The smallest absolute Gasteiger partial charge is 0.309 e. The van der Waals surface area contributed by atoms with Crippen LogP contribution in [0.3, 0.4) is 0 Å². The summed E-state index contributed by atoms with van der Waals surface area (Å²) >= 11 is 0. The van der Waals surface area contributed by atoms with E-state index in [1.165, 1.54) is 0 Å². The minimum absolute atomic E-state index is 0.0685. The van der Waals surface area contributed by atoms with Gasteiger partial charge in [-0.2, -0.15) is 0 Å². The van der Waals surface area contributed by atoms with Crippen LogP contribution >= 0.6 is 0 Å². The van der Waals surface area contributed by atoms with E-state index in [9.17, 15) is 9.59 Å². The van der Waals surface area contributed by atoms with Crippen molar-refractivity contribution in [3.05, 3.63) is 0 Å². The summed E-state index contributed by atoms with van der Waals surface area (Å²) in [7, 11) is 0. The molecule has 5 nitrogen and oxygen atoms in total. The minimum atomic E-state index is -0.534. The van der Waals surface area contributed by atoms with Gasteiger partial charge >= 0.3 is 11.8 Å². The number of nitrogens with one attached hydrogen (secondary N) is 2. The highest BCUT2D eigenvalue weighted by molar-refractivity contribution is 6.35. The first-order valence-electron chi connectivity index (χ1n) is 8.56. The molecule has 2 N–H and O–H groups in total. The molecule has 1 heterocycles. The summed E-state index contributed by atoms with van der Waals surface area (Å²) in [5.41, 5.74) is 0.327. The number of amides is 2. The average molecular weight is 310 g/mol. The maximum atomic E-state index is 11.9. The van der Waals surface area contributed by atoms with E-state index in [1.807, 2.05) is 0 Å². The Balaban J connectivity index is 1.67. The van der Waals surface area contributed by atoms with Gasteiger partial charge in [0.1, 0.15) is 0 Å². The van der Waals surface area contributed by atoms with Gasteiger partial charge in [0.15, 0.2) is 0 Å². The first kappa shape index (κ1) is 17.3. The molecule has 5 heteroatoms. The molecule has 1 aliphatic heterocycles. The van der Waals surface area contributed by atoms with Gasteiger partial charge in [-0.15, -0.1) is 0 Å². The number of rotatable bonds is 3. The molecule has 22 heavy (non-hydrogen) atoms. The van der Waals surface area contributed by atoms with E-state index in [2.05, 4.69) is 31.4 Å². The van der Waals surface area contributed by atoms with Crippen molar-refractivity contribution in [3.8, 4) is 0 Å². The quantitative estimate of drug-likeness (QED) is 0.784. The van der Waals surface area contributed by atoms with Crippen LogP contribution in [0.2, 0.25) is 0 Å². The van der Waals surface area contributed by atoms with Crippen LogP contribution < -0.4 is 10.6 Å². The molecule has 1 saturated heterocycles. The molecule has 1 atom stereocenters. The highest BCUT2D eigenvalue weighted by Crippen LogP contribution is 2.37. The highest BCUT2D eigenvalue weighted by atomic mass is 16.5. The molecular weight excluding hydrogens is 280 g/mol. The molecule has 2 rings (SSSR count). The second kappa shape index (κ2) is 7.44. The predicted molar refractivity (Wildman–Crippen MR) is 85.3 cm³/mol. The third-order valence-corrected chi connectivity index (χ3v) is 5.01. The summed E-state index contributed by atoms with van der Waals surface area (Å²) in [5.74, 6) is -0.334. The van der Waals surface area contributed by atoms with Gasteiger partial charge < -0.3 is 15.4 Å². The van der Waals surface area contributed by atoms with Crippen LogP contribution in [0.15, 0.2) is 0 Å². The average Bonchev–Trinajstić information content (AvgIpc) is 2.97. The first-order chi connectivity index (χ1) is 10.4. The third kappa shape index (κ3) is 4.97. The Labute approximate surface area is 133 Å². The van der Waals surface area contributed by atoms with Crippen molar-refractivity contribution in [1.82, 2.24) is 10.6 Å². The molecule has 2 aliphatic rings. The molecule has 2 fully saturated rings. The predicted octanol–water partition coefficient (Wildman–Crippen LogP) is 2.00. The molecule has 0 unspecified atom stereocenters. The number of carbonyl (C=O) groups is 2. The van der Waals surface area contributed by atoms with Crippen LogP contribution in [0.1, 0.15) is 59.3 Å². The molecule has 2 amide bonds. The van der Waals surface area contributed by atoms with Crippen molar-refractivity contribution in [2.45, 2.75) is 71.4 Å². The van der Waals surface area contributed by atoms with Crippen LogP contribution in [0.25, 0.3) is 0 Å². The van der Waals surface area contributed by atoms with Crippen molar-refractivity contribution in [2.24, 2.45) is 11.3 Å². The van der Waals surface area contributed by atoms with Crippen molar-refractivity contribution in [3.63, 3.8) is 0 Å². The zero-order chi connectivity index (χ0) is 16.2. The van der Waals surface area contributed by atoms with Crippen LogP contribution in [-0.4, -0.2) is 37.1 Å². The lowest BCUT2D eigenvalue weighted by Crippen LogP contribution is -2.47. The molecule has 0 radical (unpaired) electrons. The fourth-order valence-corrected chi connectivity index (χ4v) is 3.45. The monoisotopic (exact) mass is 310 g/mol. The molecule has 1 saturated carbocycles. The third-order valence-electron chi connectivity index (χ3n) is 5.01. The van der Waals surface area contributed by atoms with Crippen molar-refractivity contribution in [1.29, 1.82) is 0 Å². The topological polar surface area (TPSA) is 67.4 Å². The summed E-state index contributed by atoms with van der Waals surface area (Å²) in [6.07, 6.45) is 6.22. The van der Waals surface area contributed by atoms with Crippen LogP contribution in [0.4, 0.5) is 0 Å². The lowest BCUT2D eigenvalue weighted by Gasteiger charge is -2.37. The summed E-state index contributed by atoms with van der Waals surface area (Å²) < 4.78 is 5.43. The Bertz CT molecular complexity index is 389. The van der Waals surface area contributed by atoms with E-state index in [1.54, 1.807) is 0 Å². The number of hydrogen-bond acceptors (Lipinski definition) is 3. The van der Waals surface area contributed by atoms with Gasteiger partial charge in [-0.1, -0.05) is 20.8 Å². The molecule has 0 bridgehead atoms. The van der Waals surface area contributed by atoms with E-state index in [0.717, 1.165) is 45.1 Å². The molecular formula is C17H30N2O3. The lowest BCUT2D eigenvalue weighted by atomic mass is 9.71. The molecule has 1 aliphatic carbocycles. The summed E-state index contributed by atoms with van der Waals surface area (Å²) in [4.78, 5) is 23.7. The Morgan fingerprint density at radius 3 is 2.27 bits per heavy atom. The van der Waals surface area contributed by atoms with E-state index >= 15 is 0 Å². The number of ether oxygens (including phenoxy) is 1. The van der Waals surface area contributed by atoms with E-state index in [-0.39, 0.29) is 12.1 Å². The van der Waals surface area contributed by atoms with E-state index < -0.39 is 11.8 Å². The summed E-state index contributed by atoms with van der Waals surface area (Å²) in [6.45, 7) is 8.01. The maximum Gasteiger partial charge on any atom is 0.309 e. The second-order valence-corrected chi connectivity index (χ2v) is 7.73. The van der Waals surface area contributed by atoms with Gasteiger partial charge in [0.2, 0.25) is 0 Å². The van der Waals surface area contributed by atoms with Crippen molar-refractivity contribution in [2.75, 3.05) is 13.2 Å². The van der Waals surface area contributed by atoms with Crippen molar-refractivity contribution < 1.29 is 14.3 Å². The number of hydrogen-bond donors (Lipinski definition) is 2. The Morgan fingerprint density at radius 2 is 1.73 bits per heavy atom. The maximum absolute atomic E-state index is 11.9. The van der Waals surface area contributed by atoms with Crippen LogP contribution in [0.5, 0.6) is 0 Å². The zero-order valence-corrected chi connectivity index (χ0v) is 14.1. The molecule has 0 aromatic rings. The van der Waals surface area contributed by atoms with Gasteiger partial charge in [-0.25, -0.2) is 0 Å². The zero-order valence-electron chi connectivity index (χ0n) is 14.1. The van der Waals surface area contributed by atoms with Gasteiger partial charge in [0.25, 0.3) is 0 Å². The molecule has 126 valence electrons. The lowest BCUT2D eigenvalue weighted by molar-refractivity contribution is -0.140. The van der Waals surface area contributed by atoms with Crippen molar-refractivity contribution >= 4 is 11.8 Å². The van der Waals surface area contributed by atoms with Gasteiger partial charge in [-0.05, 0) is 49.9 Å². The molecule has 0 spiro atoms. The van der Waals surface area contributed by atoms with Crippen LogP contribution in [-0.2, 0) is 14.3 Å².